The van der Waals surface area contributed by atoms with Gasteiger partial charge >= 0.3 is 0 Å². The first-order chi connectivity index (χ1) is 13.1. The molecule has 3 rings (SSSR count). The number of non-ortho nitro benzene ring substituents is 1. The Morgan fingerprint density at radius 3 is 2.68 bits per heavy atom. The Kier molecular flexibility index (Phi) is 5.71. The van der Waals surface area contributed by atoms with Crippen LogP contribution in [-0.4, -0.2) is 21.6 Å². The van der Waals surface area contributed by atoms with Gasteiger partial charge in [-0.05, 0) is 35.6 Å². The van der Waals surface area contributed by atoms with Crippen molar-refractivity contribution in [3.05, 3.63) is 57.6 Å². The number of nitrogens with zero attached hydrogens (tertiary/aromatic N) is 2. The fraction of sp³-hybridized carbons (Fsp3) is 0.300. The lowest BCUT2D eigenvalue weighted by Crippen LogP contribution is -2.14. The number of nitro benzene ring substituents is 1. The summed E-state index contributed by atoms with van der Waals surface area (Å²) in [7, 11) is 0. The number of nitro groups is 1. The maximum Gasteiger partial charge on any atom is 0.271 e. The molecule has 3 aromatic rings. The van der Waals surface area contributed by atoms with Crippen molar-refractivity contribution >= 4 is 50.0 Å². The van der Waals surface area contributed by atoms with Gasteiger partial charge in [0.2, 0.25) is 5.91 Å². The third kappa shape index (κ3) is 4.69. The van der Waals surface area contributed by atoms with E-state index in [4.69, 9.17) is 0 Å². The number of hydrogen-bond donors (Lipinski definition) is 1. The molecule has 146 valence electrons. The summed E-state index contributed by atoms with van der Waals surface area (Å²) in [6.45, 7) is 8.52. The van der Waals surface area contributed by atoms with Crippen LogP contribution in [0.3, 0.4) is 0 Å². The highest BCUT2D eigenvalue weighted by Crippen LogP contribution is 2.31. The number of benzene rings is 2. The maximum absolute atomic E-state index is 12.4. The van der Waals surface area contributed by atoms with Gasteiger partial charge in [-0.3, -0.25) is 14.9 Å². The Hall–Kier alpha value is -2.45. The molecule has 0 saturated carbocycles. The summed E-state index contributed by atoms with van der Waals surface area (Å²) in [5, 5.41) is 14.1. The Labute approximate surface area is 171 Å². The van der Waals surface area contributed by atoms with Crippen molar-refractivity contribution in [2.75, 3.05) is 11.1 Å². The Bertz CT molecular complexity index is 1050. The number of anilines is 1. The molecule has 6 nitrogen and oxygen atoms in total. The molecule has 0 atom stereocenters. The normalized spacial score (nSPS) is 11.6. The van der Waals surface area contributed by atoms with Crippen molar-refractivity contribution < 1.29 is 9.72 Å². The second-order valence-electron chi connectivity index (χ2n) is 7.50. The van der Waals surface area contributed by atoms with Gasteiger partial charge in [-0.2, -0.15) is 0 Å². The van der Waals surface area contributed by atoms with Gasteiger partial charge in [-0.15, -0.1) is 11.8 Å². The number of rotatable bonds is 5. The van der Waals surface area contributed by atoms with Crippen molar-refractivity contribution in [2.24, 2.45) is 0 Å². The molecule has 0 aliphatic heterocycles. The molecular weight excluding hydrogens is 394 g/mol. The van der Waals surface area contributed by atoms with Gasteiger partial charge in [-0.25, -0.2) is 4.98 Å². The summed E-state index contributed by atoms with van der Waals surface area (Å²) in [6.07, 6.45) is 0. The van der Waals surface area contributed by atoms with E-state index in [1.807, 2.05) is 6.92 Å². The largest absolute Gasteiger partial charge is 0.301 e. The van der Waals surface area contributed by atoms with E-state index < -0.39 is 4.92 Å². The zero-order valence-electron chi connectivity index (χ0n) is 16.1. The van der Waals surface area contributed by atoms with Gasteiger partial charge in [0, 0.05) is 17.0 Å². The molecule has 8 heteroatoms. The third-order valence-corrected chi connectivity index (χ3v) is 6.35. The molecular formula is C20H21N3O3S2. The van der Waals surface area contributed by atoms with Crippen LogP contribution in [0.5, 0.6) is 0 Å². The summed E-state index contributed by atoms with van der Waals surface area (Å²) >= 11 is 2.80. The first-order valence-electron chi connectivity index (χ1n) is 8.72. The average Bonchev–Trinajstić information content (AvgIpc) is 3.01. The summed E-state index contributed by atoms with van der Waals surface area (Å²) in [5.74, 6) is 0.115. The minimum Gasteiger partial charge on any atom is -0.301 e. The summed E-state index contributed by atoms with van der Waals surface area (Å²) in [5.41, 5.74) is 2.91. The average molecular weight is 416 g/mol. The van der Waals surface area contributed by atoms with E-state index in [-0.39, 0.29) is 22.8 Å². The Balaban J connectivity index is 1.68. The molecule has 1 amide bonds. The minimum absolute atomic E-state index is 0.0135. The molecule has 0 radical (unpaired) electrons. The Morgan fingerprint density at radius 1 is 1.25 bits per heavy atom. The van der Waals surface area contributed by atoms with Crippen molar-refractivity contribution in [3.63, 3.8) is 0 Å². The van der Waals surface area contributed by atoms with Crippen molar-refractivity contribution in [1.29, 1.82) is 0 Å². The lowest BCUT2D eigenvalue weighted by atomic mass is 9.87. The second-order valence-corrected chi connectivity index (χ2v) is 9.54. The number of carbonyl (C=O) groups is 1. The quantitative estimate of drug-likeness (QED) is 0.336. The van der Waals surface area contributed by atoms with E-state index in [1.54, 1.807) is 6.07 Å². The lowest BCUT2D eigenvalue weighted by molar-refractivity contribution is -0.384. The van der Waals surface area contributed by atoms with Crippen molar-refractivity contribution in [1.82, 2.24) is 4.98 Å². The Morgan fingerprint density at radius 2 is 2.00 bits per heavy atom. The molecule has 0 aliphatic carbocycles. The fourth-order valence-electron chi connectivity index (χ4n) is 2.60. The third-order valence-electron chi connectivity index (χ3n) is 4.24. The smallest absolute Gasteiger partial charge is 0.271 e. The first-order valence-corrected chi connectivity index (χ1v) is 10.5. The van der Waals surface area contributed by atoms with Gasteiger partial charge < -0.3 is 5.32 Å². The number of thioether (sulfide) groups is 1. The van der Waals surface area contributed by atoms with Crippen LogP contribution in [0.4, 0.5) is 10.8 Å². The molecule has 0 unspecified atom stereocenters. The minimum atomic E-state index is -0.457. The number of hydrogen-bond acceptors (Lipinski definition) is 6. The SMILES string of the molecule is Cc1ccc(C(C)(C)C)cc1SCC(=O)Nc1nc2cc([N+](=O)[O-])ccc2s1. The van der Waals surface area contributed by atoms with Crippen molar-refractivity contribution in [2.45, 2.75) is 38.0 Å². The molecule has 1 heterocycles. The van der Waals surface area contributed by atoms with E-state index in [0.717, 1.165) is 15.2 Å². The van der Waals surface area contributed by atoms with Gasteiger partial charge in [0.1, 0.15) is 0 Å². The van der Waals surface area contributed by atoms with Crippen LogP contribution in [-0.2, 0) is 10.2 Å². The molecule has 0 saturated heterocycles. The van der Waals surface area contributed by atoms with E-state index in [1.165, 1.54) is 40.8 Å². The molecule has 28 heavy (non-hydrogen) atoms. The van der Waals surface area contributed by atoms with Gasteiger partial charge in [0.05, 0.1) is 20.9 Å². The fourth-order valence-corrected chi connectivity index (χ4v) is 4.33. The maximum atomic E-state index is 12.4. The molecule has 2 aromatic carbocycles. The standard InChI is InChI=1S/C20H21N3O3S2/c1-12-5-6-13(20(2,3)4)9-17(12)27-11-18(24)22-19-21-15-10-14(23(25)26)7-8-16(15)28-19/h5-10H,11H2,1-4H3,(H,21,22,24). The van der Waals surface area contributed by atoms with E-state index in [2.05, 4.69) is 49.3 Å². The van der Waals surface area contributed by atoms with Crippen LogP contribution in [0.15, 0.2) is 41.3 Å². The molecule has 0 aliphatic rings. The predicted octanol–water partition coefficient (Wildman–Crippen LogP) is 5.54. The number of carbonyl (C=O) groups excluding carboxylic acids is 1. The summed E-state index contributed by atoms with van der Waals surface area (Å²) < 4.78 is 0.794. The highest BCUT2D eigenvalue weighted by molar-refractivity contribution is 8.00. The number of amides is 1. The van der Waals surface area contributed by atoms with Crippen LogP contribution in [0.1, 0.15) is 31.9 Å². The van der Waals surface area contributed by atoms with Crippen LogP contribution in [0.25, 0.3) is 10.2 Å². The number of fused-ring (bicyclic) bond motifs is 1. The van der Waals surface area contributed by atoms with Crippen LogP contribution in [0.2, 0.25) is 0 Å². The molecule has 1 aromatic heterocycles. The number of aryl methyl sites for hydroxylation is 1. The summed E-state index contributed by atoms with van der Waals surface area (Å²) in [6, 6.07) is 10.9. The molecule has 0 spiro atoms. The zero-order chi connectivity index (χ0) is 20.5. The zero-order valence-corrected chi connectivity index (χ0v) is 17.7. The second kappa shape index (κ2) is 7.89. The molecule has 1 N–H and O–H groups in total. The van der Waals surface area contributed by atoms with Crippen LogP contribution >= 0.6 is 23.1 Å². The van der Waals surface area contributed by atoms with Crippen LogP contribution in [0, 0.1) is 17.0 Å². The molecule has 0 fully saturated rings. The van der Waals surface area contributed by atoms with Gasteiger partial charge in [-0.1, -0.05) is 44.2 Å². The van der Waals surface area contributed by atoms with Gasteiger partial charge in [0.15, 0.2) is 5.13 Å². The number of aromatic nitrogens is 1. The lowest BCUT2D eigenvalue weighted by Gasteiger charge is -2.20. The van der Waals surface area contributed by atoms with E-state index >= 15 is 0 Å². The molecule has 0 bridgehead atoms. The van der Waals surface area contributed by atoms with Gasteiger partial charge in [0.25, 0.3) is 5.69 Å². The first kappa shape index (κ1) is 20.3. The number of thiazole rings is 1. The topological polar surface area (TPSA) is 85.1 Å². The summed E-state index contributed by atoms with van der Waals surface area (Å²) in [4.78, 5) is 28.1. The van der Waals surface area contributed by atoms with E-state index in [0.29, 0.717) is 10.6 Å². The van der Waals surface area contributed by atoms with Crippen molar-refractivity contribution in [3.8, 4) is 0 Å². The highest BCUT2D eigenvalue weighted by atomic mass is 32.2. The predicted molar refractivity (Wildman–Crippen MR) is 116 cm³/mol. The van der Waals surface area contributed by atoms with E-state index in [9.17, 15) is 14.9 Å². The van der Waals surface area contributed by atoms with Crippen LogP contribution < -0.4 is 5.32 Å². The monoisotopic (exact) mass is 415 g/mol. The highest BCUT2D eigenvalue weighted by Gasteiger charge is 2.16. The number of nitrogens with one attached hydrogen (secondary N) is 1.